The van der Waals surface area contributed by atoms with E-state index in [1.807, 2.05) is 0 Å². The first-order chi connectivity index (χ1) is 13.5. The molecule has 1 saturated heterocycles. The summed E-state index contributed by atoms with van der Waals surface area (Å²) in [6, 6.07) is 3.23. The van der Waals surface area contributed by atoms with Crippen molar-refractivity contribution in [2.75, 3.05) is 24.3 Å². The number of rotatable bonds is 5. The van der Waals surface area contributed by atoms with E-state index in [2.05, 4.69) is 5.32 Å². The van der Waals surface area contributed by atoms with Crippen molar-refractivity contribution in [3.63, 3.8) is 0 Å². The topological polar surface area (TPSA) is 77.4 Å². The van der Waals surface area contributed by atoms with Crippen LogP contribution in [0.3, 0.4) is 0 Å². The molecule has 1 aromatic heterocycles. The molecule has 166 valence electrons. The predicted octanol–water partition coefficient (Wildman–Crippen LogP) is 3.36. The van der Waals surface area contributed by atoms with E-state index in [1.54, 1.807) is 0 Å². The summed E-state index contributed by atoms with van der Waals surface area (Å²) in [5, 5.41) is 2.24. The number of anilines is 1. The van der Waals surface area contributed by atoms with Crippen LogP contribution in [0.2, 0.25) is 0 Å². The lowest BCUT2D eigenvalue weighted by atomic mass is 10.1. The van der Waals surface area contributed by atoms with Gasteiger partial charge >= 0.3 is 6.18 Å². The van der Waals surface area contributed by atoms with Gasteiger partial charge in [-0.2, -0.15) is 26.7 Å². The molecule has 1 aromatic carbocycles. The van der Waals surface area contributed by atoms with Gasteiger partial charge in [-0.25, -0.2) is 12.8 Å². The van der Waals surface area contributed by atoms with Crippen molar-refractivity contribution in [2.24, 2.45) is 13.0 Å². The minimum Gasteiger partial charge on any atom is -0.381 e. The Kier molecular flexibility index (Phi) is 7.25. The number of carbonyl (C=O) groups is 1. The van der Waals surface area contributed by atoms with Gasteiger partial charge in [-0.1, -0.05) is 0 Å². The van der Waals surface area contributed by atoms with Crippen LogP contribution in [-0.4, -0.2) is 37.9 Å². The van der Waals surface area contributed by atoms with Gasteiger partial charge in [0.05, 0.1) is 22.8 Å². The van der Waals surface area contributed by atoms with Gasteiger partial charge in [0.2, 0.25) is 0 Å². The number of sulfone groups is 1. The molecule has 2 aromatic rings. The molecule has 0 unspecified atom stereocenters. The molecule has 6 nitrogen and oxygen atoms in total. The molecule has 1 aliphatic heterocycles. The third-order valence-corrected chi connectivity index (χ3v) is 6.43. The highest BCUT2D eigenvalue weighted by molar-refractivity contribution is 7.91. The first kappa shape index (κ1) is 24.2. The number of hydrogen-bond acceptors (Lipinski definition) is 4. The summed E-state index contributed by atoms with van der Waals surface area (Å²) >= 11 is 0. The number of amides is 1. The number of halogens is 4. The van der Waals surface area contributed by atoms with Crippen LogP contribution in [0.5, 0.6) is 0 Å². The fraction of sp³-hybridized carbons (Fsp3) is 0.389. The highest BCUT2D eigenvalue weighted by atomic mass is 32.2. The van der Waals surface area contributed by atoms with Crippen LogP contribution in [0.1, 0.15) is 22.5 Å². The minimum absolute atomic E-state index is 0. The highest BCUT2D eigenvalue weighted by Gasteiger charge is 2.34. The first-order valence-electron chi connectivity index (χ1n) is 8.62. The second-order valence-corrected chi connectivity index (χ2v) is 8.86. The number of hydrogen-bond donors (Lipinski definition) is 1. The van der Waals surface area contributed by atoms with Crippen LogP contribution in [0.15, 0.2) is 35.4 Å². The normalized spacial score (nSPS) is 16.9. The number of aryl methyl sites for hydroxylation is 1. The zero-order chi connectivity index (χ0) is 21.4. The summed E-state index contributed by atoms with van der Waals surface area (Å²) in [6.07, 6.45) is -3.02. The number of alkyl halides is 3. The van der Waals surface area contributed by atoms with Gasteiger partial charge in [0.15, 0.2) is 9.84 Å². The quantitative estimate of drug-likeness (QED) is 0.683. The van der Waals surface area contributed by atoms with Gasteiger partial charge < -0.3 is 14.6 Å². The van der Waals surface area contributed by atoms with Crippen LogP contribution >= 0.6 is 13.5 Å². The molecule has 2 heterocycles. The molecule has 1 aliphatic rings. The van der Waals surface area contributed by atoms with Crippen LogP contribution in [0.25, 0.3) is 0 Å². The molecule has 12 heteroatoms. The molecule has 1 atom stereocenters. The van der Waals surface area contributed by atoms with Crippen molar-refractivity contribution in [1.82, 2.24) is 4.57 Å². The van der Waals surface area contributed by atoms with Gasteiger partial charge in [0.25, 0.3) is 5.91 Å². The van der Waals surface area contributed by atoms with Gasteiger partial charge in [-0.3, -0.25) is 4.79 Å². The standard InChI is InChI=1S/C18H18F4N2O4S.H2S/c1-24-8-13(29(26,27)10-11-4-5-28-9-11)7-16(24)17(25)23-12-2-3-15(19)14(6-12)18(20,21)22;/h2-3,6-8,11H,4-5,9-10H2,1H3,(H,23,25);1H2/t11-;/m0./s1. The number of benzene rings is 1. The maximum Gasteiger partial charge on any atom is 0.419 e. The summed E-state index contributed by atoms with van der Waals surface area (Å²) in [6.45, 7) is 0.853. The first-order valence-corrected chi connectivity index (χ1v) is 10.3. The maximum atomic E-state index is 13.4. The third kappa shape index (κ3) is 5.35. The smallest absolute Gasteiger partial charge is 0.381 e. The Labute approximate surface area is 177 Å². The van der Waals surface area contributed by atoms with Crippen molar-refractivity contribution < 1.29 is 35.5 Å². The monoisotopic (exact) mass is 468 g/mol. The average Bonchev–Trinajstić information content (AvgIpc) is 3.25. The Hall–Kier alpha value is -2.05. The second kappa shape index (κ2) is 8.98. The molecule has 3 rings (SSSR count). The van der Waals surface area contributed by atoms with E-state index in [4.69, 9.17) is 4.74 Å². The van der Waals surface area contributed by atoms with Crippen molar-refractivity contribution in [3.05, 3.63) is 47.5 Å². The van der Waals surface area contributed by atoms with E-state index in [0.717, 1.165) is 12.1 Å². The Morgan fingerprint density at radius 2 is 2.00 bits per heavy atom. The second-order valence-electron chi connectivity index (χ2n) is 6.83. The largest absolute Gasteiger partial charge is 0.419 e. The molecule has 0 aliphatic carbocycles. The molecule has 30 heavy (non-hydrogen) atoms. The molecule has 0 bridgehead atoms. The molecular formula is C18H20F4N2O4S2. The summed E-state index contributed by atoms with van der Waals surface area (Å²) in [5.74, 6) is -2.53. The third-order valence-electron chi connectivity index (χ3n) is 4.58. The average molecular weight is 468 g/mol. The van der Waals surface area contributed by atoms with Crippen molar-refractivity contribution >= 4 is 34.9 Å². The fourth-order valence-electron chi connectivity index (χ4n) is 3.07. The Bertz CT molecular complexity index is 1030. The van der Waals surface area contributed by atoms with Gasteiger partial charge in [-0.05, 0) is 36.6 Å². The fourth-order valence-corrected chi connectivity index (χ4v) is 4.75. The van der Waals surface area contributed by atoms with Crippen LogP contribution in [0.4, 0.5) is 23.2 Å². The SMILES string of the molecule is Cn1cc(S(=O)(=O)C[C@H]2CCOC2)cc1C(=O)Nc1ccc(F)c(C(F)(F)F)c1.S. The van der Waals surface area contributed by atoms with Gasteiger partial charge in [-0.15, -0.1) is 0 Å². The summed E-state index contributed by atoms with van der Waals surface area (Å²) in [7, 11) is -2.22. The van der Waals surface area contributed by atoms with Crippen molar-refractivity contribution in [2.45, 2.75) is 17.5 Å². The summed E-state index contributed by atoms with van der Waals surface area (Å²) < 4.78 is 83.4. The van der Waals surface area contributed by atoms with Gasteiger partial charge in [0, 0.05) is 25.5 Å². The zero-order valence-corrected chi connectivity index (χ0v) is 17.6. The Morgan fingerprint density at radius 1 is 1.30 bits per heavy atom. The van der Waals surface area contributed by atoms with Crippen LogP contribution in [-0.2, 0) is 27.8 Å². The minimum atomic E-state index is -4.92. The van der Waals surface area contributed by atoms with Crippen molar-refractivity contribution in [1.29, 1.82) is 0 Å². The Balaban J connectivity index is 0.00000320. The lowest BCUT2D eigenvalue weighted by molar-refractivity contribution is -0.139. The lowest BCUT2D eigenvalue weighted by Gasteiger charge is -2.11. The number of ether oxygens (including phenoxy) is 1. The summed E-state index contributed by atoms with van der Waals surface area (Å²) in [4.78, 5) is 12.4. The number of nitrogens with one attached hydrogen (secondary N) is 1. The number of aromatic nitrogens is 1. The highest BCUT2D eigenvalue weighted by Crippen LogP contribution is 2.33. The molecular weight excluding hydrogens is 448 g/mol. The number of nitrogens with zero attached hydrogens (tertiary/aromatic N) is 1. The van der Waals surface area contributed by atoms with E-state index >= 15 is 0 Å². The molecule has 1 N–H and O–H groups in total. The molecule has 1 amide bonds. The molecule has 0 radical (unpaired) electrons. The predicted molar refractivity (Wildman–Crippen MR) is 106 cm³/mol. The lowest BCUT2D eigenvalue weighted by Crippen LogP contribution is -2.17. The van der Waals surface area contributed by atoms with E-state index in [-0.39, 0.29) is 41.4 Å². The van der Waals surface area contributed by atoms with Crippen LogP contribution in [0, 0.1) is 11.7 Å². The molecule has 1 fully saturated rings. The maximum absolute atomic E-state index is 13.4. The van der Waals surface area contributed by atoms with E-state index in [0.29, 0.717) is 31.8 Å². The van der Waals surface area contributed by atoms with E-state index < -0.39 is 33.3 Å². The Morgan fingerprint density at radius 3 is 2.60 bits per heavy atom. The zero-order valence-electron chi connectivity index (χ0n) is 15.8. The summed E-state index contributed by atoms with van der Waals surface area (Å²) in [5.41, 5.74) is -1.84. The van der Waals surface area contributed by atoms with E-state index in [9.17, 15) is 30.8 Å². The molecule has 0 spiro atoms. The molecule has 0 saturated carbocycles. The van der Waals surface area contributed by atoms with E-state index in [1.165, 1.54) is 17.8 Å². The van der Waals surface area contributed by atoms with Gasteiger partial charge in [0.1, 0.15) is 11.5 Å². The van der Waals surface area contributed by atoms with Crippen molar-refractivity contribution in [3.8, 4) is 0 Å². The number of carbonyl (C=O) groups excluding carboxylic acids is 1. The van der Waals surface area contributed by atoms with Crippen LogP contribution < -0.4 is 5.32 Å².